The molecule has 0 atom stereocenters. The molecule has 0 fully saturated rings. The van der Waals surface area contributed by atoms with Gasteiger partial charge in [-0.15, -0.1) is 0 Å². The summed E-state index contributed by atoms with van der Waals surface area (Å²) < 4.78 is 38.4. The molecule has 2 N–H and O–H groups in total. The van der Waals surface area contributed by atoms with Crippen molar-refractivity contribution < 1.29 is 22.8 Å². The largest absolute Gasteiger partial charge is 0.343 e. The number of hydrogen-bond donors (Lipinski definition) is 2. The summed E-state index contributed by atoms with van der Waals surface area (Å²) in [6.45, 7) is -0.366. The lowest BCUT2D eigenvalue weighted by Gasteiger charge is -2.07. The number of amides is 2. The molecule has 22 heavy (non-hydrogen) atoms. The van der Waals surface area contributed by atoms with Crippen LogP contribution in [0.4, 0.5) is 18.9 Å². The van der Waals surface area contributed by atoms with E-state index in [0.29, 0.717) is 0 Å². The Morgan fingerprint density at radius 2 is 1.59 bits per heavy atom. The molecule has 2 rings (SSSR count). The van der Waals surface area contributed by atoms with Crippen LogP contribution in [0.2, 0.25) is 0 Å². The highest BCUT2D eigenvalue weighted by molar-refractivity contribution is 5.99. The maximum Gasteiger partial charge on any atom is 0.251 e. The smallest absolute Gasteiger partial charge is 0.251 e. The second kappa shape index (κ2) is 6.75. The van der Waals surface area contributed by atoms with Gasteiger partial charge in [-0.2, -0.15) is 0 Å². The summed E-state index contributed by atoms with van der Waals surface area (Å²) in [4.78, 5) is 23.3. The lowest BCUT2D eigenvalue weighted by Crippen LogP contribution is -2.32. The fourth-order valence-electron chi connectivity index (χ4n) is 1.64. The van der Waals surface area contributed by atoms with Gasteiger partial charge in [-0.1, -0.05) is 0 Å². The third kappa shape index (κ3) is 4.08. The summed E-state index contributed by atoms with van der Waals surface area (Å²) >= 11 is 0. The van der Waals surface area contributed by atoms with Gasteiger partial charge in [0.05, 0.1) is 6.54 Å². The minimum atomic E-state index is -1.09. The van der Waals surface area contributed by atoms with Gasteiger partial charge in [-0.25, -0.2) is 13.2 Å². The van der Waals surface area contributed by atoms with Crippen molar-refractivity contribution in [3.05, 3.63) is 65.5 Å². The summed E-state index contributed by atoms with van der Waals surface area (Å²) in [5, 5.41) is 4.63. The van der Waals surface area contributed by atoms with Gasteiger partial charge in [0.1, 0.15) is 5.82 Å². The first-order valence-corrected chi connectivity index (χ1v) is 6.24. The first-order valence-electron chi connectivity index (χ1n) is 6.24. The van der Waals surface area contributed by atoms with Gasteiger partial charge < -0.3 is 10.6 Å². The van der Waals surface area contributed by atoms with Crippen molar-refractivity contribution >= 4 is 17.5 Å². The number of rotatable bonds is 4. The average molecular weight is 308 g/mol. The van der Waals surface area contributed by atoms with Gasteiger partial charge in [-0.3, -0.25) is 9.59 Å². The van der Waals surface area contributed by atoms with E-state index in [1.54, 1.807) is 0 Å². The van der Waals surface area contributed by atoms with Crippen LogP contribution in [-0.4, -0.2) is 18.4 Å². The van der Waals surface area contributed by atoms with Crippen molar-refractivity contribution in [1.82, 2.24) is 5.32 Å². The van der Waals surface area contributed by atoms with E-state index in [4.69, 9.17) is 0 Å². The van der Waals surface area contributed by atoms with Crippen molar-refractivity contribution in [2.45, 2.75) is 0 Å². The Hall–Kier alpha value is -2.83. The first kappa shape index (κ1) is 15.6. The molecule has 0 aliphatic heterocycles. The topological polar surface area (TPSA) is 58.2 Å². The normalized spacial score (nSPS) is 10.1. The van der Waals surface area contributed by atoms with Crippen LogP contribution < -0.4 is 10.6 Å². The fraction of sp³-hybridized carbons (Fsp3) is 0.0667. The minimum Gasteiger partial charge on any atom is -0.343 e. The molecule has 0 spiro atoms. The van der Waals surface area contributed by atoms with E-state index in [0.717, 1.165) is 24.3 Å². The second-order valence-corrected chi connectivity index (χ2v) is 4.37. The zero-order chi connectivity index (χ0) is 16.1. The minimum absolute atomic E-state index is 0.0694. The van der Waals surface area contributed by atoms with E-state index in [1.807, 2.05) is 0 Å². The Morgan fingerprint density at radius 1 is 0.909 bits per heavy atom. The molecule has 7 heteroatoms. The standard InChI is InChI=1S/C15H11F3N2O2/c16-10-3-1-9(2-4-10)15(22)19-8-14(21)20-11-5-6-12(17)13(18)7-11/h1-7H,8H2,(H,19,22)(H,20,21). The average Bonchev–Trinajstić information content (AvgIpc) is 2.49. The predicted octanol–water partition coefficient (Wildman–Crippen LogP) is 2.47. The van der Waals surface area contributed by atoms with E-state index in [-0.39, 0.29) is 17.8 Å². The van der Waals surface area contributed by atoms with Crippen LogP contribution in [-0.2, 0) is 4.79 Å². The van der Waals surface area contributed by atoms with Gasteiger partial charge in [0.15, 0.2) is 11.6 Å². The van der Waals surface area contributed by atoms with Gasteiger partial charge in [-0.05, 0) is 36.4 Å². The van der Waals surface area contributed by atoms with Gasteiger partial charge in [0, 0.05) is 17.3 Å². The molecule has 114 valence electrons. The zero-order valence-corrected chi connectivity index (χ0v) is 11.2. The molecule has 0 saturated heterocycles. The summed E-state index contributed by atoms with van der Waals surface area (Å²) in [6, 6.07) is 7.69. The maximum absolute atomic E-state index is 13.0. The van der Waals surface area contributed by atoms with Gasteiger partial charge in [0.25, 0.3) is 5.91 Å². The monoisotopic (exact) mass is 308 g/mol. The predicted molar refractivity (Wildman–Crippen MR) is 73.7 cm³/mol. The van der Waals surface area contributed by atoms with E-state index in [1.165, 1.54) is 18.2 Å². The number of benzene rings is 2. The number of halogens is 3. The summed E-state index contributed by atoms with van der Waals surface area (Å²) in [6.07, 6.45) is 0. The lowest BCUT2D eigenvalue weighted by molar-refractivity contribution is -0.115. The van der Waals surface area contributed by atoms with E-state index < -0.39 is 29.3 Å². The summed E-state index contributed by atoms with van der Waals surface area (Å²) in [5.41, 5.74) is 0.266. The van der Waals surface area contributed by atoms with Gasteiger partial charge >= 0.3 is 0 Å². The third-order valence-corrected chi connectivity index (χ3v) is 2.72. The third-order valence-electron chi connectivity index (χ3n) is 2.72. The van der Waals surface area contributed by atoms with E-state index >= 15 is 0 Å². The molecule has 0 unspecified atom stereocenters. The SMILES string of the molecule is O=C(CNC(=O)c1ccc(F)cc1)Nc1ccc(F)c(F)c1. The summed E-state index contributed by atoms with van der Waals surface area (Å²) in [5.74, 6) is -3.76. The number of carbonyl (C=O) groups is 2. The van der Waals surface area contributed by atoms with Crippen LogP contribution in [0.15, 0.2) is 42.5 Å². The summed E-state index contributed by atoms with van der Waals surface area (Å²) in [7, 11) is 0. The molecular formula is C15H11F3N2O2. The second-order valence-electron chi connectivity index (χ2n) is 4.37. The van der Waals surface area contributed by atoms with Crippen LogP contribution in [0.5, 0.6) is 0 Å². The molecule has 0 aromatic heterocycles. The first-order chi connectivity index (χ1) is 10.5. The van der Waals surface area contributed by atoms with Crippen LogP contribution in [0.3, 0.4) is 0 Å². The quantitative estimate of drug-likeness (QED) is 0.911. The number of nitrogens with one attached hydrogen (secondary N) is 2. The van der Waals surface area contributed by atoms with Crippen molar-refractivity contribution in [2.75, 3.05) is 11.9 Å². The van der Waals surface area contributed by atoms with Crippen LogP contribution in [0.1, 0.15) is 10.4 Å². The zero-order valence-electron chi connectivity index (χ0n) is 11.2. The van der Waals surface area contributed by atoms with Crippen molar-refractivity contribution in [3.63, 3.8) is 0 Å². The van der Waals surface area contributed by atoms with Crippen molar-refractivity contribution in [1.29, 1.82) is 0 Å². The van der Waals surface area contributed by atoms with Gasteiger partial charge in [0.2, 0.25) is 5.91 Å². The van der Waals surface area contributed by atoms with Crippen LogP contribution in [0.25, 0.3) is 0 Å². The highest BCUT2D eigenvalue weighted by Crippen LogP contribution is 2.12. The molecule has 0 saturated carbocycles. The molecular weight excluding hydrogens is 297 g/mol. The highest BCUT2D eigenvalue weighted by Gasteiger charge is 2.09. The Labute approximate surface area is 124 Å². The van der Waals surface area contributed by atoms with Crippen molar-refractivity contribution in [3.8, 4) is 0 Å². The Bertz CT molecular complexity index is 702. The molecule has 2 aromatic carbocycles. The molecule has 2 amide bonds. The molecule has 0 radical (unpaired) electrons. The Balaban J connectivity index is 1.88. The molecule has 0 aliphatic rings. The Morgan fingerprint density at radius 3 is 2.23 bits per heavy atom. The molecule has 4 nitrogen and oxygen atoms in total. The number of hydrogen-bond acceptors (Lipinski definition) is 2. The molecule has 0 bridgehead atoms. The lowest BCUT2D eigenvalue weighted by atomic mass is 10.2. The molecule has 0 aliphatic carbocycles. The molecule has 2 aromatic rings. The Kier molecular flexibility index (Phi) is 4.77. The van der Waals surface area contributed by atoms with Crippen LogP contribution >= 0.6 is 0 Å². The number of carbonyl (C=O) groups excluding carboxylic acids is 2. The maximum atomic E-state index is 13.0. The van der Waals surface area contributed by atoms with Crippen molar-refractivity contribution in [2.24, 2.45) is 0 Å². The highest BCUT2D eigenvalue weighted by atomic mass is 19.2. The van der Waals surface area contributed by atoms with E-state index in [2.05, 4.69) is 10.6 Å². The fourth-order valence-corrected chi connectivity index (χ4v) is 1.64. The molecule has 0 heterocycles. The van der Waals surface area contributed by atoms with E-state index in [9.17, 15) is 22.8 Å². The van der Waals surface area contributed by atoms with Crippen LogP contribution in [0, 0.1) is 17.5 Å². The number of anilines is 1.